The second kappa shape index (κ2) is 9.77. The lowest BCUT2D eigenvalue weighted by Gasteiger charge is -2.05. The van der Waals surface area contributed by atoms with Crippen molar-refractivity contribution >= 4 is 23.2 Å². The van der Waals surface area contributed by atoms with Crippen LogP contribution in [0.2, 0.25) is 5.02 Å². The summed E-state index contributed by atoms with van der Waals surface area (Å²) in [6, 6.07) is 8.46. The zero-order chi connectivity index (χ0) is 15.5. The van der Waals surface area contributed by atoms with E-state index in [1.165, 1.54) is 6.20 Å². The molecule has 0 aromatic heterocycles. The molecule has 7 heteroatoms. The highest BCUT2D eigenvalue weighted by molar-refractivity contribution is 6.31. The molecule has 0 aliphatic rings. The Balaban J connectivity index is 2.47. The van der Waals surface area contributed by atoms with Gasteiger partial charge in [0.2, 0.25) is 0 Å². The van der Waals surface area contributed by atoms with Crippen molar-refractivity contribution in [1.82, 2.24) is 5.32 Å². The molecule has 6 nitrogen and oxygen atoms in total. The van der Waals surface area contributed by atoms with Gasteiger partial charge < -0.3 is 20.5 Å². The first-order chi connectivity index (χ1) is 10.2. The Morgan fingerprint density at radius 2 is 2.29 bits per heavy atom. The summed E-state index contributed by atoms with van der Waals surface area (Å²) in [6.45, 7) is 1.01. The lowest BCUT2D eigenvalue weighted by atomic mass is 10.2. The molecule has 112 valence electrons. The van der Waals surface area contributed by atoms with Gasteiger partial charge >= 0.3 is 0 Å². The molecule has 0 bridgehead atoms. The Morgan fingerprint density at radius 1 is 1.48 bits per heavy atom. The SMILES string of the molecule is N#C/C(=C/NCCOCCO)C(=O)Nc1cccc(Cl)c1. The van der Waals surface area contributed by atoms with Crippen molar-refractivity contribution in [2.75, 3.05) is 31.7 Å². The summed E-state index contributed by atoms with van der Waals surface area (Å²) in [6.07, 6.45) is 1.32. The maximum Gasteiger partial charge on any atom is 0.267 e. The Kier molecular flexibility index (Phi) is 7.90. The van der Waals surface area contributed by atoms with Gasteiger partial charge in [-0.05, 0) is 18.2 Å². The summed E-state index contributed by atoms with van der Waals surface area (Å²) in [5.41, 5.74) is 0.456. The first kappa shape index (κ1) is 17.0. The normalized spacial score (nSPS) is 10.8. The van der Waals surface area contributed by atoms with Crippen molar-refractivity contribution in [2.45, 2.75) is 0 Å². The second-order valence-electron chi connectivity index (χ2n) is 3.92. The number of rotatable bonds is 8. The van der Waals surface area contributed by atoms with Crippen LogP contribution in [0.25, 0.3) is 0 Å². The number of nitriles is 1. The van der Waals surface area contributed by atoms with E-state index in [2.05, 4.69) is 10.6 Å². The fraction of sp³-hybridized carbons (Fsp3) is 0.286. The van der Waals surface area contributed by atoms with Gasteiger partial charge in [0.05, 0.1) is 19.8 Å². The number of halogens is 1. The summed E-state index contributed by atoms with van der Waals surface area (Å²) >= 11 is 5.81. The van der Waals surface area contributed by atoms with Crippen molar-refractivity contribution in [3.8, 4) is 6.07 Å². The number of ether oxygens (including phenoxy) is 1. The third-order valence-electron chi connectivity index (χ3n) is 2.32. The fourth-order valence-electron chi connectivity index (χ4n) is 1.39. The molecule has 3 N–H and O–H groups in total. The molecule has 0 radical (unpaired) electrons. The van der Waals surface area contributed by atoms with E-state index < -0.39 is 5.91 Å². The highest BCUT2D eigenvalue weighted by Gasteiger charge is 2.09. The van der Waals surface area contributed by atoms with Crippen molar-refractivity contribution in [3.63, 3.8) is 0 Å². The summed E-state index contributed by atoms with van der Waals surface area (Å²) < 4.78 is 5.03. The van der Waals surface area contributed by atoms with Gasteiger partial charge in [0, 0.05) is 23.5 Å². The molecule has 0 aliphatic heterocycles. The van der Waals surface area contributed by atoms with Crippen molar-refractivity contribution in [3.05, 3.63) is 41.1 Å². The van der Waals surface area contributed by atoms with Crippen LogP contribution < -0.4 is 10.6 Å². The maximum absolute atomic E-state index is 11.9. The maximum atomic E-state index is 11.9. The molecule has 0 aliphatic carbocycles. The first-order valence-corrected chi connectivity index (χ1v) is 6.64. The minimum atomic E-state index is -0.524. The number of carbonyl (C=O) groups is 1. The highest BCUT2D eigenvalue weighted by atomic mass is 35.5. The number of nitrogens with zero attached hydrogens (tertiary/aromatic N) is 1. The number of carbonyl (C=O) groups excluding carboxylic acids is 1. The van der Waals surface area contributed by atoms with Crippen LogP contribution >= 0.6 is 11.6 Å². The molecule has 0 fully saturated rings. The lowest BCUT2D eigenvalue weighted by Crippen LogP contribution is -2.19. The van der Waals surface area contributed by atoms with Crippen LogP contribution in [0.1, 0.15) is 0 Å². The quantitative estimate of drug-likeness (QED) is 0.382. The van der Waals surface area contributed by atoms with Gasteiger partial charge in [-0.1, -0.05) is 17.7 Å². The standard InChI is InChI=1S/C14H16ClN3O3/c15-12-2-1-3-13(8-12)18-14(20)11(9-16)10-17-4-6-21-7-5-19/h1-3,8,10,17,19H,4-7H2,(H,18,20)/b11-10-. The molecule has 0 heterocycles. The monoisotopic (exact) mass is 309 g/mol. The number of aliphatic hydroxyl groups excluding tert-OH is 1. The van der Waals surface area contributed by atoms with Crippen molar-refractivity contribution in [1.29, 1.82) is 5.26 Å². The molecule has 0 unspecified atom stereocenters. The number of nitrogens with one attached hydrogen (secondary N) is 2. The van der Waals surface area contributed by atoms with Crippen LogP contribution in [0.4, 0.5) is 5.69 Å². The van der Waals surface area contributed by atoms with Gasteiger partial charge in [0.1, 0.15) is 11.6 Å². The van der Waals surface area contributed by atoms with E-state index in [4.69, 9.17) is 26.7 Å². The molecule has 0 saturated heterocycles. The molecular formula is C14H16ClN3O3. The number of benzene rings is 1. The largest absolute Gasteiger partial charge is 0.394 e. The van der Waals surface area contributed by atoms with Gasteiger partial charge in [-0.2, -0.15) is 5.26 Å². The Hall–Kier alpha value is -2.07. The molecule has 1 aromatic carbocycles. The molecule has 0 atom stereocenters. The van der Waals surface area contributed by atoms with E-state index in [0.29, 0.717) is 23.9 Å². The number of hydrogen-bond acceptors (Lipinski definition) is 5. The Bertz CT molecular complexity index is 541. The number of hydrogen-bond donors (Lipinski definition) is 3. The molecule has 1 amide bonds. The van der Waals surface area contributed by atoms with Crippen LogP contribution in [0, 0.1) is 11.3 Å². The molecule has 0 spiro atoms. The zero-order valence-electron chi connectivity index (χ0n) is 11.3. The zero-order valence-corrected chi connectivity index (χ0v) is 12.1. The van der Waals surface area contributed by atoms with Crippen LogP contribution in [0.3, 0.4) is 0 Å². The second-order valence-corrected chi connectivity index (χ2v) is 4.36. The molecule has 0 saturated carbocycles. The van der Waals surface area contributed by atoms with E-state index in [-0.39, 0.29) is 18.8 Å². The lowest BCUT2D eigenvalue weighted by molar-refractivity contribution is -0.112. The highest BCUT2D eigenvalue weighted by Crippen LogP contribution is 2.15. The van der Waals surface area contributed by atoms with E-state index in [9.17, 15) is 4.79 Å². The van der Waals surface area contributed by atoms with Crippen LogP contribution in [-0.2, 0) is 9.53 Å². The van der Waals surface area contributed by atoms with Crippen LogP contribution in [0.5, 0.6) is 0 Å². The predicted molar refractivity (Wildman–Crippen MR) is 79.7 cm³/mol. The van der Waals surface area contributed by atoms with Crippen molar-refractivity contribution < 1.29 is 14.6 Å². The molecule has 1 aromatic rings. The number of anilines is 1. The average Bonchev–Trinajstić information content (AvgIpc) is 2.46. The van der Waals surface area contributed by atoms with E-state index in [0.717, 1.165) is 0 Å². The Morgan fingerprint density at radius 3 is 2.95 bits per heavy atom. The van der Waals surface area contributed by atoms with Gasteiger partial charge in [-0.3, -0.25) is 4.79 Å². The van der Waals surface area contributed by atoms with Crippen LogP contribution in [-0.4, -0.2) is 37.4 Å². The van der Waals surface area contributed by atoms with E-state index in [1.807, 2.05) is 6.07 Å². The van der Waals surface area contributed by atoms with Crippen molar-refractivity contribution in [2.24, 2.45) is 0 Å². The number of aliphatic hydroxyl groups is 1. The summed E-state index contributed by atoms with van der Waals surface area (Å²) in [5.74, 6) is -0.524. The van der Waals surface area contributed by atoms with E-state index >= 15 is 0 Å². The first-order valence-electron chi connectivity index (χ1n) is 6.26. The molecule has 21 heavy (non-hydrogen) atoms. The fourth-order valence-corrected chi connectivity index (χ4v) is 1.58. The smallest absolute Gasteiger partial charge is 0.267 e. The van der Waals surface area contributed by atoms with Gasteiger partial charge in [0.25, 0.3) is 5.91 Å². The Labute approximate surface area is 128 Å². The predicted octanol–water partition coefficient (Wildman–Crippen LogP) is 1.28. The minimum Gasteiger partial charge on any atom is -0.394 e. The van der Waals surface area contributed by atoms with Gasteiger partial charge in [-0.25, -0.2) is 0 Å². The summed E-state index contributed by atoms with van der Waals surface area (Å²) in [4.78, 5) is 11.9. The summed E-state index contributed by atoms with van der Waals surface area (Å²) in [7, 11) is 0. The summed E-state index contributed by atoms with van der Waals surface area (Å²) in [5, 5.41) is 23.3. The van der Waals surface area contributed by atoms with Gasteiger partial charge in [-0.15, -0.1) is 0 Å². The van der Waals surface area contributed by atoms with E-state index in [1.54, 1.807) is 24.3 Å². The number of amides is 1. The van der Waals surface area contributed by atoms with Crippen LogP contribution in [0.15, 0.2) is 36.0 Å². The van der Waals surface area contributed by atoms with Gasteiger partial charge in [0.15, 0.2) is 0 Å². The molecular weight excluding hydrogens is 294 g/mol. The average molecular weight is 310 g/mol. The minimum absolute atomic E-state index is 0.0404. The third-order valence-corrected chi connectivity index (χ3v) is 2.56. The molecule has 1 rings (SSSR count). The third kappa shape index (κ3) is 6.77. The topological polar surface area (TPSA) is 94.4 Å².